The second-order valence-corrected chi connectivity index (χ2v) is 7.15. The summed E-state index contributed by atoms with van der Waals surface area (Å²) in [5, 5.41) is 3.75. The molecule has 1 aromatic heterocycles. The molecule has 0 bridgehead atoms. The summed E-state index contributed by atoms with van der Waals surface area (Å²) >= 11 is 12.3. The average molecular weight is 382 g/mol. The average Bonchev–Trinajstić information content (AvgIpc) is 2.92. The lowest BCUT2D eigenvalue weighted by Crippen LogP contribution is -2.35. The Balaban J connectivity index is 1.83. The summed E-state index contributed by atoms with van der Waals surface area (Å²) in [5.41, 5.74) is 1.87. The minimum Gasteiger partial charge on any atom is -0.317 e. The van der Waals surface area contributed by atoms with E-state index in [0.717, 1.165) is 50.2 Å². The van der Waals surface area contributed by atoms with E-state index >= 15 is 0 Å². The molecule has 1 aliphatic heterocycles. The van der Waals surface area contributed by atoms with Gasteiger partial charge in [-0.3, -0.25) is 9.88 Å². The third-order valence-corrected chi connectivity index (χ3v) is 5.54. The van der Waals surface area contributed by atoms with E-state index in [2.05, 4.69) is 15.2 Å². The van der Waals surface area contributed by atoms with Crippen molar-refractivity contribution in [1.82, 2.24) is 15.2 Å². The summed E-state index contributed by atoms with van der Waals surface area (Å²) in [7, 11) is 0. The molecule has 1 atom stereocenters. The van der Waals surface area contributed by atoms with Gasteiger partial charge in [0.15, 0.2) is 0 Å². The zero-order valence-electron chi connectivity index (χ0n) is 14.0. The van der Waals surface area contributed by atoms with E-state index < -0.39 is 5.82 Å². The first kappa shape index (κ1) is 18.6. The minimum absolute atomic E-state index is 0.000476. The van der Waals surface area contributed by atoms with Gasteiger partial charge in [-0.05, 0) is 56.1 Å². The van der Waals surface area contributed by atoms with Gasteiger partial charge in [0.05, 0.1) is 15.7 Å². The molecule has 1 aromatic carbocycles. The minimum atomic E-state index is -0.481. The van der Waals surface area contributed by atoms with E-state index in [4.69, 9.17) is 23.2 Å². The summed E-state index contributed by atoms with van der Waals surface area (Å²) in [6.07, 6.45) is 5.14. The monoisotopic (exact) mass is 381 g/mol. The number of halogens is 3. The van der Waals surface area contributed by atoms with E-state index in [1.807, 2.05) is 24.4 Å². The van der Waals surface area contributed by atoms with Crippen molar-refractivity contribution in [2.24, 2.45) is 0 Å². The van der Waals surface area contributed by atoms with Gasteiger partial charge in [0, 0.05) is 25.3 Å². The number of pyridine rings is 1. The lowest BCUT2D eigenvalue weighted by atomic mass is 10.1. The molecule has 1 N–H and O–H groups in total. The van der Waals surface area contributed by atoms with Crippen LogP contribution in [0.4, 0.5) is 4.39 Å². The zero-order valence-corrected chi connectivity index (χ0v) is 15.5. The van der Waals surface area contributed by atoms with Crippen LogP contribution in [0.5, 0.6) is 0 Å². The first-order chi connectivity index (χ1) is 12.1. The SMILES string of the molecule is Fc1ccc(CN(Cc2ccccn2)C2CCCNCC2)c(Cl)c1Cl. The molecule has 1 fully saturated rings. The lowest BCUT2D eigenvalue weighted by Gasteiger charge is -2.31. The summed E-state index contributed by atoms with van der Waals surface area (Å²) in [6, 6.07) is 9.48. The first-order valence-corrected chi connectivity index (χ1v) is 9.38. The molecular weight excluding hydrogens is 360 g/mol. The number of hydrogen-bond donors (Lipinski definition) is 1. The molecule has 0 saturated carbocycles. The Morgan fingerprint density at radius 1 is 1.08 bits per heavy atom. The van der Waals surface area contributed by atoms with Gasteiger partial charge in [-0.2, -0.15) is 0 Å². The quantitative estimate of drug-likeness (QED) is 0.762. The van der Waals surface area contributed by atoms with Crippen molar-refractivity contribution in [2.45, 2.75) is 38.4 Å². The van der Waals surface area contributed by atoms with Crippen LogP contribution in [-0.2, 0) is 13.1 Å². The van der Waals surface area contributed by atoms with Gasteiger partial charge in [0.1, 0.15) is 5.82 Å². The van der Waals surface area contributed by atoms with Gasteiger partial charge in [-0.1, -0.05) is 35.3 Å². The van der Waals surface area contributed by atoms with Gasteiger partial charge in [-0.15, -0.1) is 0 Å². The van der Waals surface area contributed by atoms with Crippen molar-refractivity contribution in [3.05, 3.63) is 63.6 Å². The van der Waals surface area contributed by atoms with Crippen LogP contribution in [0.2, 0.25) is 10.0 Å². The van der Waals surface area contributed by atoms with Crippen LogP contribution in [0.25, 0.3) is 0 Å². The molecule has 2 heterocycles. The predicted octanol–water partition coefficient (Wildman–Crippen LogP) is 4.67. The van der Waals surface area contributed by atoms with E-state index in [-0.39, 0.29) is 5.02 Å². The number of nitrogens with one attached hydrogen (secondary N) is 1. The Morgan fingerprint density at radius 3 is 2.76 bits per heavy atom. The molecule has 6 heteroatoms. The van der Waals surface area contributed by atoms with Crippen molar-refractivity contribution >= 4 is 23.2 Å². The summed E-state index contributed by atoms with van der Waals surface area (Å²) in [5.74, 6) is -0.481. The predicted molar refractivity (Wildman–Crippen MR) is 100 cm³/mol. The van der Waals surface area contributed by atoms with Crippen molar-refractivity contribution in [3.8, 4) is 0 Å². The molecule has 0 amide bonds. The van der Waals surface area contributed by atoms with Crippen LogP contribution < -0.4 is 5.32 Å². The fraction of sp³-hybridized carbons (Fsp3) is 0.421. The van der Waals surface area contributed by atoms with Gasteiger partial charge in [0.25, 0.3) is 0 Å². The van der Waals surface area contributed by atoms with Gasteiger partial charge in [-0.25, -0.2) is 4.39 Å². The van der Waals surface area contributed by atoms with Gasteiger partial charge in [0.2, 0.25) is 0 Å². The molecule has 0 aliphatic carbocycles. The van der Waals surface area contributed by atoms with Crippen LogP contribution in [0.3, 0.4) is 0 Å². The second-order valence-electron chi connectivity index (χ2n) is 6.40. The van der Waals surface area contributed by atoms with Gasteiger partial charge >= 0.3 is 0 Å². The maximum atomic E-state index is 13.6. The van der Waals surface area contributed by atoms with Gasteiger partial charge < -0.3 is 5.32 Å². The topological polar surface area (TPSA) is 28.2 Å². The zero-order chi connectivity index (χ0) is 17.6. The standard InChI is InChI=1S/C19H22Cl2FN3/c20-18-14(6-7-17(22)19(18)21)12-25(13-15-4-1-2-10-24-15)16-5-3-9-23-11-8-16/h1-2,4,6-7,10,16,23H,3,5,8-9,11-13H2. The maximum Gasteiger partial charge on any atom is 0.143 e. The van der Waals surface area contributed by atoms with Crippen LogP contribution in [0, 0.1) is 5.82 Å². The van der Waals surface area contributed by atoms with Crippen LogP contribution in [0.1, 0.15) is 30.5 Å². The molecule has 1 aliphatic rings. The number of aromatic nitrogens is 1. The van der Waals surface area contributed by atoms with Crippen molar-refractivity contribution in [1.29, 1.82) is 0 Å². The van der Waals surface area contributed by atoms with E-state index in [0.29, 0.717) is 17.6 Å². The third kappa shape index (κ3) is 4.91. The number of rotatable bonds is 5. The number of hydrogen-bond acceptors (Lipinski definition) is 3. The highest BCUT2D eigenvalue weighted by atomic mass is 35.5. The number of benzene rings is 1. The van der Waals surface area contributed by atoms with Crippen molar-refractivity contribution in [3.63, 3.8) is 0 Å². The first-order valence-electron chi connectivity index (χ1n) is 8.62. The van der Waals surface area contributed by atoms with Crippen LogP contribution in [-0.4, -0.2) is 29.0 Å². The summed E-state index contributed by atoms with van der Waals surface area (Å²) in [4.78, 5) is 6.84. The molecule has 1 unspecified atom stereocenters. The Hall–Kier alpha value is -1.20. The molecule has 3 nitrogen and oxygen atoms in total. The fourth-order valence-corrected chi connectivity index (χ4v) is 3.68. The molecule has 2 aromatic rings. The highest BCUT2D eigenvalue weighted by Crippen LogP contribution is 2.30. The van der Waals surface area contributed by atoms with Crippen molar-refractivity contribution < 1.29 is 4.39 Å². The van der Waals surface area contributed by atoms with E-state index in [1.54, 1.807) is 6.07 Å². The summed E-state index contributed by atoms with van der Waals surface area (Å²) < 4.78 is 13.6. The number of nitrogens with zero attached hydrogens (tertiary/aromatic N) is 2. The smallest absolute Gasteiger partial charge is 0.143 e. The summed E-state index contributed by atoms with van der Waals surface area (Å²) in [6.45, 7) is 3.41. The molecule has 25 heavy (non-hydrogen) atoms. The molecular formula is C19H22Cl2FN3. The Bertz CT molecular complexity index is 689. The largest absolute Gasteiger partial charge is 0.317 e. The van der Waals surface area contributed by atoms with E-state index in [9.17, 15) is 4.39 Å². The Morgan fingerprint density at radius 2 is 1.96 bits per heavy atom. The van der Waals surface area contributed by atoms with Crippen molar-refractivity contribution in [2.75, 3.05) is 13.1 Å². The molecule has 3 rings (SSSR count). The fourth-order valence-electron chi connectivity index (χ4n) is 3.29. The maximum absolute atomic E-state index is 13.6. The second kappa shape index (κ2) is 8.95. The molecule has 134 valence electrons. The highest BCUT2D eigenvalue weighted by molar-refractivity contribution is 6.42. The van der Waals surface area contributed by atoms with Crippen LogP contribution >= 0.6 is 23.2 Å². The van der Waals surface area contributed by atoms with E-state index in [1.165, 1.54) is 6.07 Å². The normalized spacial score (nSPS) is 18.3. The lowest BCUT2D eigenvalue weighted by molar-refractivity contribution is 0.162. The Labute approximate surface area is 158 Å². The molecule has 0 radical (unpaired) electrons. The molecule has 1 saturated heterocycles. The third-order valence-electron chi connectivity index (χ3n) is 4.64. The Kier molecular flexibility index (Phi) is 6.65. The van der Waals surface area contributed by atoms with Crippen LogP contribution in [0.15, 0.2) is 36.5 Å². The molecule has 0 spiro atoms. The highest BCUT2D eigenvalue weighted by Gasteiger charge is 2.22.